The Balaban J connectivity index is 3.04. The fraction of sp³-hybridized carbons (Fsp3) is 0.167. The van der Waals surface area contributed by atoms with Gasteiger partial charge in [0, 0.05) is 4.91 Å². The van der Waals surface area contributed by atoms with E-state index in [9.17, 15) is 4.79 Å². The van der Waals surface area contributed by atoms with Crippen molar-refractivity contribution in [2.75, 3.05) is 0 Å². The van der Waals surface area contributed by atoms with Gasteiger partial charge in [-0.25, -0.2) is 0 Å². The lowest BCUT2D eigenvalue weighted by Crippen LogP contribution is -1.86. The SMILES string of the molecule is Cc1cc(C(=O)N=[N+]=[N-])sc1Br. The zero-order valence-electron chi connectivity index (χ0n) is 6.11. The quantitative estimate of drug-likeness (QED) is 0.426. The molecule has 0 aromatic carbocycles. The topological polar surface area (TPSA) is 65.8 Å². The highest BCUT2D eigenvalue weighted by atomic mass is 79.9. The van der Waals surface area contributed by atoms with E-state index in [1.54, 1.807) is 6.07 Å². The molecule has 1 rings (SSSR count). The van der Waals surface area contributed by atoms with Crippen LogP contribution in [0.4, 0.5) is 0 Å². The Bertz CT molecular complexity index is 347. The lowest BCUT2D eigenvalue weighted by molar-refractivity contribution is 0.100. The molecule has 1 aromatic rings. The predicted molar refractivity (Wildman–Crippen MR) is 50.2 cm³/mol. The Hall–Kier alpha value is -0.840. The Kier molecular flexibility index (Phi) is 2.86. The smallest absolute Gasteiger partial charge is 0.259 e. The minimum atomic E-state index is -0.531. The van der Waals surface area contributed by atoms with Gasteiger partial charge in [0.1, 0.15) is 0 Å². The third-order valence-electron chi connectivity index (χ3n) is 1.20. The van der Waals surface area contributed by atoms with Gasteiger partial charge in [-0.1, -0.05) is 0 Å². The molecule has 0 saturated heterocycles. The fourth-order valence-electron chi connectivity index (χ4n) is 0.655. The maximum atomic E-state index is 11.0. The highest BCUT2D eigenvalue weighted by Gasteiger charge is 2.08. The predicted octanol–water partition coefficient (Wildman–Crippen LogP) is 3.27. The lowest BCUT2D eigenvalue weighted by Gasteiger charge is -1.81. The molecule has 0 aliphatic carbocycles. The number of amides is 1. The molecule has 62 valence electrons. The van der Waals surface area contributed by atoms with Crippen molar-refractivity contribution in [1.82, 2.24) is 0 Å². The lowest BCUT2D eigenvalue weighted by atomic mass is 10.3. The zero-order valence-corrected chi connectivity index (χ0v) is 8.52. The molecular weight excluding hydrogens is 242 g/mol. The van der Waals surface area contributed by atoms with Crippen LogP contribution in [0.25, 0.3) is 10.4 Å². The zero-order chi connectivity index (χ0) is 9.14. The number of carbonyl (C=O) groups excluding carboxylic acids is 1. The summed E-state index contributed by atoms with van der Waals surface area (Å²) in [6.45, 7) is 1.87. The second-order valence-electron chi connectivity index (χ2n) is 2.06. The summed E-state index contributed by atoms with van der Waals surface area (Å²) in [5.41, 5.74) is 8.97. The standard InChI is InChI=1S/C6H4BrN3OS/c1-3-2-4(12-5(3)7)6(11)9-10-8/h2H,1H3. The van der Waals surface area contributed by atoms with E-state index in [0.29, 0.717) is 4.88 Å². The third-order valence-corrected chi connectivity index (χ3v) is 3.33. The molecule has 12 heavy (non-hydrogen) atoms. The third kappa shape index (κ3) is 1.85. The molecule has 0 unspecified atom stereocenters. The van der Waals surface area contributed by atoms with Crippen LogP contribution in [-0.4, -0.2) is 5.91 Å². The summed E-state index contributed by atoms with van der Waals surface area (Å²) in [6, 6.07) is 1.69. The van der Waals surface area contributed by atoms with Gasteiger partial charge in [-0.2, -0.15) is 0 Å². The Morgan fingerprint density at radius 3 is 2.92 bits per heavy atom. The molecule has 4 nitrogen and oxygen atoms in total. The van der Waals surface area contributed by atoms with Crippen molar-refractivity contribution in [2.24, 2.45) is 5.11 Å². The van der Waals surface area contributed by atoms with E-state index in [-0.39, 0.29) is 0 Å². The average Bonchev–Trinajstić information content (AvgIpc) is 2.33. The van der Waals surface area contributed by atoms with Crippen LogP contribution in [-0.2, 0) is 0 Å². The van der Waals surface area contributed by atoms with Gasteiger partial charge in [-0.3, -0.25) is 4.79 Å². The van der Waals surface area contributed by atoms with Crippen LogP contribution in [0.15, 0.2) is 15.0 Å². The first-order chi connectivity index (χ1) is 5.65. The maximum absolute atomic E-state index is 11.0. The second-order valence-corrected chi connectivity index (χ2v) is 4.43. The number of nitrogens with zero attached hydrogens (tertiary/aromatic N) is 3. The van der Waals surface area contributed by atoms with Gasteiger partial charge in [0.15, 0.2) is 0 Å². The molecule has 0 saturated carbocycles. The first-order valence-electron chi connectivity index (χ1n) is 3.00. The summed E-state index contributed by atoms with van der Waals surface area (Å²) in [4.78, 5) is 13.9. The largest absolute Gasteiger partial charge is 0.286 e. The van der Waals surface area contributed by atoms with Crippen molar-refractivity contribution in [3.8, 4) is 0 Å². The molecule has 0 radical (unpaired) electrons. The summed E-state index contributed by atoms with van der Waals surface area (Å²) in [6.07, 6.45) is 0. The van der Waals surface area contributed by atoms with Crippen molar-refractivity contribution in [2.45, 2.75) is 6.92 Å². The van der Waals surface area contributed by atoms with Crippen LogP contribution in [0.2, 0.25) is 0 Å². The van der Waals surface area contributed by atoms with Crippen LogP contribution in [0.1, 0.15) is 15.2 Å². The molecule has 1 aromatic heterocycles. The number of rotatable bonds is 1. The normalized spacial score (nSPS) is 9.17. The number of carbonyl (C=O) groups is 1. The molecular formula is C6H4BrN3OS. The molecule has 0 aliphatic rings. The molecule has 0 bridgehead atoms. The van der Waals surface area contributed by atoms with Crippen LogP contribution in [0.3, 0.4) is 0 Å². The van der Waals surface area contributed by atoms with Crippen molar-refractivity contribution in [3.05, 3.63) is 30.7 Å². The molecule has 1 heterocycles. The summed E-state index contributed by atoms with van der Waals surface area (Å²) in [5.74, 6) is -0.531. The number of hydrogen-bond acceptors (Lipinski definition) is 2. The highest BCUT2D eigenvalue weighted by molar-refractivity contribution is 9.11. The van der Waals surface area contributed by atoms with Gasteiger partial charge in [0.25, 0.3) is 5.91 Å². The molecule has 0 atom stereocenters. The second kappa shape index (κ2) is 3.71. The average molecular weight is 246 g/mol. The van der Waals surface area contributed by atoms with E-state index >= 15 is 0 Å². The van der Waals surface area contributed by atoms with Crippen LogP contribution >= 0.6 is 27.3 Å². The highest BCUT2D eigenvalue weighted by Crippen LogP contribution is 2.27. The van der Waals surface area contributed by atoms with Crippen molar-refractivity contribution in [1.29, 1.82) is 0 Å². The minimum absolute atomic E-state index is 0.456. The van der Waals surface area contributed by atoms with Crippen molar-refractivity contribution >= 4 is 33.2 Å². The van der Waals surface area contributed by atoms with Gasteiger partial charge in [0.05, 0.1) is 8.66 Å². The Morgan fingerprint density at radius 1 is 1.83 bits per heavy atom. The van der Waals surface area contributed by atoms with Gasteiger partial charge >= 0.3 is 0 Å². The van der Waals surface area contributed by atoms with Crippen molar-refractivity contribution in [3.63, 3.8) is 0 Å². The first kappa shape index (κ1) is 9.25. The van der Waals surface area contributed by atoms with E-state index < -0.39 is 5.91 Å². The molecule has 0 spiro atoms. The first-order valence-corrected chi connectivity index (χ1v) is 4.61. The van der Waals surface area contributed by atoms with Gasteiger partial charge in [0.2, 0.25) is 0 Å². The minimum Gasteiger partial charge on any atom is -0.286 e. The molecule has 1 amide bonds. The van der Waals surface area contributed by atoms with E-state index in [1.807, 2.05) is 6.92 Å². The van der Waals surface area contributed by atoms with Crippen molar-refractivity contribution < 1.29 is 4.79 Å². The van der Waals surface area contributed by atoms with Crippen LogP contribution in [0, 0.1) is 6.92 Å². The monoisotopic (exact) mass is 245 g/mol. The number of aryl methyl sites for hydroxylation is 1. The number of halogens is 1. The van der Waals surface area contributed by atoms with Crippen LogP contribution in [0.5, 0.6) is 0 Å². The molecule has 0 N–H and O–H groups in total. The van der Waals surface area contributed by atoms with Crippen LogP contribution < -0.4 is 0 Å². The Labute approximate surface area is 81.0 Å². The Morgan fingerprint density at radius 2 is 2.50 bits per heavy atom. The fourth-order valence-corrected chi connectivity index (χ4v) is 2.07. The number of thiophene rings is 1. The summed E-state index contributed by atoms with van der Waals surface area (Å²) in [7, 11) is 0. The number of azide groups is 1. The van der Waals surface area contributed by atoms with E-state index in [4.69, 9.17) is 5.53 Å². The van der Waals surface area contributed by atoms with Gasteiger partial charge in [-0.15, -0.1) is 11.3 Å². The molecule has 0 fully saturated rings. The summed E-state index contributed by atoms with van der Waals surface area (Å²) in [5, 5.41) is 2.98. The van der Waals surface area contributed by atoms with E-state index in [0.717, 1.165) is 9.35 Å². The van der Waals surface area contributed by atoms with E-state index in [2.05, 4.69) is 26.0 Å². The molecule has 6 heteroatoms. The van der Waals surface area contributed by atoms with E-state index in [1.165, 1.54) is 11.3 Å². The summed E-state index contributed by atoms with van der Waals surface area (Å²) >= 11 is 4.53. The van der Waals surface area contributed by atoms with Gasteiger partial charge < -0.3 is 0 Å². The van der Waals surface area contributed by atoms with Gasteiger partial charge in [-0.05, 0) is 45.1 Å². The number of hydrogen-bond donors (Lipinski definition) is 0. The summed E-state index contributed by atoms with van der Waals surface area (Å²) < 4.78 is 0.888. The maximum Gasteiger partial charge on any atom is 0.259 e. The molecule has 0 aliphatic heterocycles.